The molecule has 6 nitrogen and oxygen atoms in total. The van der Waals surface area contributed by atoms with Crippen LogP contribution in [0, 0.1) is 0 Å². The lowest BCUT2D eigenvalue weighted by atomic mass is 10.2. The average Bonchev–Trinajstić information content (AvgIpc) is 2.93. The Bertz CT molecular complexity index is 823. The number of likely N-dealkylation sites (N-methyl/N-ethyl adjacent to an activating group) is 1. The zero-order chi connectivity index (χ0) is 14.8. The molecule has 0 unspecified atom stereocenters. The van der Waals surface area contributed by atoms with Crippen LogP contribution in [0.4, 0.5) is 0 Å². The minimum atomic E-state index is -0.433. The highest BCUT2D eigenvalue weighted by Crippen LogP contribution is 2.20. The molecule has 1 aromatic carbocycles. The normalized spacial score (nSPS) is 11.2. The summed E-state index contributed by atoms with van der Waals surface area (Å²) in [6.45, 7) is 7.82. The second-order valence-electron chi connectivity index (χ2n) is 4.92. The van der Waals surface area contributed by atoms with Crippen LogP contribution in [0.25, 0.3) is 22.0 Å². The van der Waals surface area contributed by atoms with Gasteiger partial charge in [-0.1, -0.05) is 31.2 Å². The molecule has 7 heteroatoms. The van der Waals surface area contributed by atoms with Crippen molar-refractivity contribution in [3.63, 3.8) is 0 Å². The Morgan fingerprint density at radius 3 is 2.68 bits per heavy atom. The molecule has 0 atom stereocenters. The maximum absolute atomic E-state index is 12.0. The zero-order valence-electron chi connectivity index (χ0n) is 12.7. The van der Waals surface area contributed by atoms with E-state index in [9.17, 15) is 4.79 Å². The molecule has 0 spiro atoms. The molecular weight excluding hydrogens is 304 g/mol. The molecule has 0 aliphatic rings. The summed E-state index contributed by atoms with van der Waals surface area (Å²) in [5.74, 6) is 0. The Balaban J connectivity index is 0.00000176. The van der Waals surface area contributed by atoms with Gasteiger partial charge >= 0.3 is 5.63 Å². The molecule has 22 heavy (non-hydrogen) atoms. The highest BCUT2D eigenvalue weighted by Gasteiger charge is 2.14. The number of hydrogen-bond donors (Lipinski definition) is 0. The Kier molecular flexibility index (Phi) is 5.15. The summed E-state index contributed by atoms with van der Waals surface area (Å²) in [5, 5.41) is 8.98. The van der Waals surface area contributed by atoms with Gasteiger partial charge in [0.1, 0.15) is 11.1 Å². The molecule has 0 amide bonds. The van der Waals surface area contributed by atoms with Crippen LogP contribution >= 0.6 is 12.4 Å². The third-order valence-corrected chi connectivity index (χ3v) is 3.80. The highest BCUT2D eigenvalue weighted by atomic mass is 35.5. The Labute approximate surface area is 134 Å². The zero-order valence-corrected chi connectivity index (χ0v) is 13.5. The number of benzene rings is 1. The van der Waals surface area contributed by atoms with Gasteiger partial charge in [0.15, 0.2) is 5.52 Å². The molecule has 0 radical (unpaired) electrons. The molecule has 0 bridgehead atoms. The van der Waals surface area contributed by atoms with E-state index >= 15 is 0 Å². The molecule has 2 aromatic heterocycles. The Hall–Kier alpha value is -1.92. The summed E-state index contributed by atoms with van der Waals surface area (Å²) in [7, 11) is 0. The molecule has 0 saturated carbocycles. The quantitative estimate of drug-likeness (QED) is 0.674. The monoisotopic (exact) mass is 322 g/mol. The molecule has 3 rings (SSSR count). The van der Waals surface area contributed by atoms with Crippen molar-refractivity contribution in [1.82, 2.24) is 19.9 Å². The lowest BCUT2D eigenvalue weighted by Gasteiger charge is -2.17. The van der Waals surface area contributed by atoms with Gasteiger partial charge < -0.3 is 9.32 Å². The maximum atomic E-state index is 12.0. The summed E-state index contributed by atoms with van der Waals surface area (Å²) in [6, 6.07) is 7.49. The van der Waals surface area contributed by atoms with Gasteiger partial charge in [-0.15, -0.1) is 17.5 Å². The van der Waals surface area contributed by atoms with E-state index in [1.54, 1.807) is 10.7 Å². The molecule has 0 aliphatic heterocycles. The van der Waals surface area contributed by atoms with Gasteiger partial charge in [0, 0.05) is 11.9 Å². The SMILES string of the molecule is CCN(CC)CCn1nnc2c(=O)oc3ccccc3c21.Cl. The second-order valence-corrected chi connectivity index (χ2v) is 4.92. The van der Waals surface area contributed by atoms with Gasteiger partial charge in [0.2, 0.25) is 0 Å². The number of nitrogens with zero attached hydrogens (tertiary/aromatic N) is 4. The largest absolute Gasteiger partial charge is 0.421 e. The first-order valence-corrected chi connectivity index (χ1v) is 7.22. The summed E-state index contributed by atoms with van der Waals surface area (Å²) < 4.78 is 7.07. The van der Waals surface area contributed by atoms with E-state index in [4.69, 9.17) is 4.42 Å². The molecule has 2 heterocycles. The van der Waals surface area contributed by atoms with Crippen molar-refractivity contribution in [2.24, 2.45) is 0 Å². The molecule has 0 N–H and O–H groups in total. The van der Waals surface area contributed by atoms with E-state index in [2.05, 4.69) is 29.1 Å². The summed E-state index contributed by atoms with van der Waals surface area (Å²) in [6.07, 6.45) is 0. The van der Waals surface area contributed by atoms with Crippen LogP contribution in [0.3, 0.4) is 0 Å². The third-order valence-electron chi connectivity index (χ3n) is 3.80. The third kappa shape index (κ3) is 2.84. The van der Waals surface area contributed by atoms with Crippen molar-refractivity contribution in [3.8, 4) is 0 Å². The van der Waals surface area contributed by atoms with Crippen LogP contribution in [0.15, 0.2) is 33.5 Å². The Morgan fingerprint density at radius 2 is 1.95 bits per heavy atom. The number of rotatable bonds is 5. The molecular formula is C15H19ClN4O2. The van der Waals surface area contributed by atoms with E-state index in [1.807, 2.05) is 18.2 Å². The number of aromatic nitrogens is 3. The van der Waals surface area contributed by atoms with Crippen LogP contribution in [0.1, 0.15) is 13.8 Å². The average molecular weight is 323 g/mol. The van der Waals surface area contributed by atoms with Gasteiger partial charge in [0.05, 0.1) is 6.54 Å². The van der Waals surface area contributed by atoms with E-state index in [0.717, 1.165) is 30.5 Å². The van der Waals surface area contributed by atoms with Crippen molar-refractivity contribution < 1.29 is 4.42 Å². The van der Waals surface area contributed by atoms with E-state index < -0.39 is 5.63 Å². The first kappa shape index (κ1) is 16.5. The smallest absolute Gasteiger partial charge is 0.366 e. The van der Waals surface area contributed by atoms with E-state index in [-0.39, 0.29) is 12.4 Å². The lowest BCUT2D eigenvalue weighted by Crippen LogP contribution is -2.27. The van der Waals surface area contributed by atoms with Crippen LogP contribution in [0.5, 0.6) is 0 Å². The fourth-order valence-corrected chi connectivity index (χ4v) is 2.55. The predicted octanol–water partition coefficient (Wildman–Crippen LogP) is 2.30. The fourth-order valence-electron chi connectivity index (χ4n) is 2.55. The minimum Gasteiger partial charge on any atom is -0.421 e. The fraction of sp³-hybridized carbons (Fsp3) is 0.400. The summed E-state index contributed by atoms with van der Waals surface area (Å²) in [4.78, 5) is 14.3. The van der Waals surface area contributed by atoms with Crippen molar-refractivity contribution in [3.05, 3.63) is 34.7 Å². The van der Waals surface area contributed by atoms with Gasteiger partial charge in [-0.05, 0) is 25.2 Å². The van der Waals surface area contributed by atoms with Gasteiger partial charge in [-0.25, -0.2) is 9.48 Å². The molecule has 3 aromatic rings. The number of halogens is 1. The minimum absolute atomic E-state index is 0. The predicted molar refractivity (Wildman–Crippen MR) is 88.6 cm³/mol. The first-order valence-electron chi connectivity index (χ1n) is 7.22. The Morgan fingerprint density at radius 1 is 1.23 bits per heavy atom. The van der Waals surface area contributed by atoms with Crippen molar-refractivity contribution in [2.75, 3.05) is 19.6 Å². The molecule has 0 fully saturated rings. The summed E-state index contributed by atoms with van der Waals surface area (Å²) >= 11 is 0. The standard InChI is InChI=1S/C15H18N4O2.ClH/c1-3-18(4-2)9-10-19-14-11-7-5-6-8-12(11)21-15(20)13(14)16-17-19;/h5-8H,3-4,9-10H2,1-2H3;1H. The molecule has 0 aliphatic carbocycles. The topological polar surface area (TPSA) is 64.2 Å². The van der Waals surface area contributed by atoms with Crippen LogP contribution < -0.4 is 5.63 Å². The van der Waals surface area contributed by atoms with Crippen LogP contribution in [-0.2, 0) is 6.54 Å². The lowest BCUT2D eigenvalue weighted by molar-refractivity contribution is 0.286. The van der Waals surface area contributed by atoms with E-state index in [1.165, 1.54) is 0 Å². The van der Waals surface area contributed by atoms with Gasteiger partial charge in [0.25, 0.3) is 0 Å². The van der Waals surface area contributed by atoms with Crippen LogP contribution in [-0.4, -0.2) is 39.5 Å². The van der Waals surface area contributed by atoms with Gasteiger partial charge in [-0.3, -0.25) is 0 Å². The van der Waals surface area contributed by atoms with Crippen molar-refractivity contribution in [1.29, 1.82) is 0 Å². The summed E-state index contributed by atoms with van der Waals surface area (Å²) in [5.41, 5.74) is 1.20. The number of para-hydroxylation sites is 1. The number of fused-ring (bicyclic) bond motifs is 3. The maximum Gasteiger partial charge on any atom is 0.366 e. The highest BCUT2D eigenvalue weighted by molar-refractivity contribution is 6.00. The first-order chi connectivity index (χ1) is 10.2. The molecule has 0 saturated heterocycles. The van der Waals surface area contributed by atoms with Crippen molar-refractivity contribution in [2.45, 2.75) is 20.4 Å². The van der Waals surface area contributed by atoms with Crippen molar-refractivity contribution >= 4 is 34.4 Å². The van der Waals surface area contributed by atoms with Crippen LogP contribution in [0.2, 0.25) is 0 Å². The number of hydrogen-bond acceptors (Lipinski definition) is 5. The molecule has 118 valence electrons. The second kappa shape index (κ2) is 6.89. The van der Waals surface area contributed by atoms with E-state index in [0.29, 0.717) is 17.6 Å². The van der Waals surface area contributed by atoms with Gasteiger partial charge in [-0.2, -0.15) is 0 Å².